The highest BCUT2D eigenvalue weighted by atomic mass is 32.1. The topological polar surface area (TPSA) is 83.3 Å². The van der Waals surface area contributed by atoms with E-state index in [1.165, 1.54) is 29.1 Å². The number of hydrogen-bond acceptors (Lipinski definition) is 8. The molecule has 0 atom stereocenters. The molecular formula is C25H34N8OS. The number of piperazine rings is 1. The summed E-state index contributed by atoms with van der Waals surface area (Å²) in [6.07, 6.45) is 9.33. The van der Waals surface area contributed by atoms with Gasteiger partial charge in [-0.15, -0.1) is 11.3 Å². The molecule has 35 heavy (non-hydrogen) atoms. The molecule has 0 unspecified atom stereocenters. The number of aromatic nitrogens is 5. The predicted molar refractivity (Wildman–Crippen MR) is 137 cm³/mol. The quantitative estimate of drug-likeness (QED) is 0.539. The third-order valence-corrected chi connectivity index (χ3v) is 8.93. The summed E-state index contributed by atoms with van der Waals surface area (Å²) >= 11 is 1.75. The highest BCUT2D eigenvalue weighted by molar-refractivity contribution is 7.18. The third-order valence-electron chi connectivity index (χ3n) is 7.74. The molecule has 2 fully saturated rings. The van der Waals surface area contributed by atoms with Crippen LogP contribution in [-0.2, 0) is 24.1 Å². The number of nitrogens with zero attached hydrogens (tertiary/aromatic N) is 8. The van der Waals surface area contributed by atoms with Gasteiger partial charge in [-0.05, 0) is 51.0 Å². The molecule has 1 amide bonds. The summed E-state index contributed by atoms with van der Waals surface area (Å²) in [5, 5.41) is 10.7. The van der Waals surface area contributed by atoms with Crippen molar-refractivity contribution in [3.05, 3.63) is 28.7 Å². The normalized spacial score (nSPS) is 19.9. The van der Waals surface area contributed by atoms with Gasteiger partial charge in [0.25, 0.3) is 0 Å². The van der Waals surface area contributed by atoms with Crippen LogP contribution < -0.4 is 4.90 Å². The summed E-state index contributed by atoms with van der Waals surface area (Å²) in [6.45, 7) is 7.66. The Balaban J connectivity index is 1.00. The van der Waals surface area contributed by atoms with E-state index in [4.69, 9.17) is 10.2 Å². The molecule has 186 valence electrons. The maximum Gasteiger partial charge on any atom is 0.236 e. The second kappa shape index (κ2) is 9.81. The minimum Gasteiger partial charge on any atom is -0.352 e. The molecule has 1 aliphatic carbocycles. The van der Waals surface area contributed by atoms with E-state index in [0.29, 0.717) is 12.6 Å². The molecule has 3 aliphatic rings. The van der Waals surface area contributed by atoms with Gasteiger partial charge in [0.15, 0.2) is 0 Å². The van der Waals surface area contributed by atoms with Gasteiger partial charge in [0, 0.05) is 44.1 Å². The molecule has 10 heteroatoms. The van der Waals surface area contributed by atoms with Crippen LogP contribution in [0.3, 0.4) is 0 Å². The fraction of sp³-hybridized carbons (Fsp3) is 0.640. The minimum absolute atomic E-state index is 0.243. The molecule has 5 heterocycles. The van der Waals surface area contributed by atoms with Gasteiger partial charge in [-0.3, -0.25) is 9.69 Å². The van der Waals surface area contributed by atoms with Gasteiger partial charge in [0.1, 0.15) is 17.0 Å². The molecule has 0 bridgehead atoms. The van der Waals surface area contributed by atoms with Crippen molar-refractivity contribution >= 4 is 33.3 Å². The van der Waals surface area contributed by atoms with E-state index in [0.717, 1.165) is 87.4 Å². The van der Waals surface area contributed by atoms with Crippen LogP contribution in [0.25, 0.3) is 10.2 Å². The first kappa shape index (κ1) is 22.8. The molecule has 3 aromatic rings. The van der Waals surface area contributed by atoms with Gasteiger partial charge < -0.3 is 9.80 Å². The number of piperidine rings is 1. The molecule has 0 radical (unpaired) electrons. The summed E-state index contributed by atoms with van der Waals surface area (Å²) in [5.74, 6) is 1.25. The van der Waals surface area contributed by atoms with Crippen molar-refractivity contribution in [3.8, 4) is 0 Å². The maximum atomic E-state index is 13.1. The van der Waals surface area contributed by atoms with Crippen molar-refractivity contribution in [3.63, 3.8) is 0 Å². The van der Waals surface area contributed by atoms with Crippen molar-refractivity contribution in [2.24, 2.45) is 0 Å². The van der Waals surface area contributed by atoms with Gasteiger partial charge in [0.05, 0.1) is 29.4 Å². The number of likely N-dealkylation sites (tertiary alicyclic amines) is 1. The van der Waals surface area contributed by atoms with E-state index in [1.54, 1.807) is 17.7 Å². The first-order valence-corrected chi connectivity index (χ1v) is 13.9. The number of amides is 1. The zero-order valence-electron chi connectivity index (χ0n) is 20.5. The lowest BCUT2D eigenvalue weighted by Gasteiger charge is -2.37. The lowest BCUT2D eigenvalue weighted by atomic mass is 10.0. The van der Waals surface area contributed by atoms with E-state index < -0.39 is 0 Å². The Kier molecular flexibility index (Phi) is 6.40. The second-order valence-electron chi connectivity index (χ2n) is 9.98. The fourth-order valence-electron chi connectivity index (χ4n) is 5.61. The zero-order chi connectivity index (χ0) is 23.8. The standard InChI is InChI=1S/C25H34N8OS/c1-2-19-15-20-24(26-17-27-25(20)35-19)32-13-11-31(12-14-32)23(34)16-30-9-7-18(8-10-30)33-28-21-5-3-4-6-22(21)29-33/h15,17-18H,2-14,16H2,1H3. The van der Waals surface area contributed by atoms with Crippen LogP contribution in [0.15, 0.2) is 12.4 Å². The van der Waals surface area contributed by atoms with Crippen molar-refractivity contribution in [1.29, 1.82) is 0 Å². The number of rotatable bonds is 5. The molecule has 0 aromatic carbocycles. The number of anilines is 1. The SMILES string of the molecule is CCc1cc2c(N3CCN(C(=O)CN4CCC(n5nc6c(n5)CCCC6)CC4)CC3)ncnc2s1. The van der Waals surface area contributed by atoms with Crippen molar-refractivity contribution in [2.45, 2.75) is 57.9 Å². The van der Waals surface area contributed by atoms with E-state index in [9.17, 15) is 4.79 Å². The predicted octanol–water partition coefficient (Wildman–Crippen LogP) is 2.71. The monoisotopic (exact) mass is 494 g/mol. The smallest absolute Gasteiger partial charge is 0.236 e. The Morgan fingerprint density at radius 2 is 1.71 bits per heavy atom. The van der Waals surface area contributed by atoms with Crippen molar-refractivity contribution in [1.82, 2.24) is 34.8 Å². The number of carbonyl (C=O) groups is 1. The number of carbonyl (C=O) groups excluding carboxylic acids is 1. The van der Waals surface area contributed by atoms with Crippen LogP contribution in [0.4, 0.5) is 5.82 Å². The molecule has 6 rings (SSSR count). The Morgan fingerprint density at radius 3 is 2.40 bits per heavy atom. The summed E-state index contributed by atoms with van der Waals surface area (Å²) in [4.78, 5) is 33.1. The molecule has 2 saturated heterocycles. The van der Waals surface area contributed by atoms with Crippen LogP contribution in [0.1, 0.15) is 54.9 Å². The lowest BCUT2D eigenvalue weighted by Crippen LogP contribution is -2.52. The Labute approximate surface area is 210 Å². The summed E-state index contributed by atoms with van der Waals surface area (Å²) in [7, 11) is 0. The number of fused-ring (bicyclic) bond motifs is 2. The fourth-order valence-corrected chi connectivity index (χ4v) is 6.54. The molecule has 0 N–H and O–H groups in total. The number of hydrogen-bond donors (Lipinski definition) is 0. The van der Waals surface area contributed by atoms with Gasteiger partial charge in [0.2, 0.25) is 5.91 Å². The molecule has 2 aliphatic heterocycles. The first-order chi connectivity index (χ1) is 17.2. The van der Waals surface area contributed by atoms with Gasteiger partial charge in [-0.2, -0.15) is 15.0 Å². The number of aryl methyl sites for hydroxylation is 3. The van der Waals surface area contributed by atoms with Crippen LogP contribution in [0.2, 0.25) is 0 Å². The Bertz CT molecular complexity index is 1170. The average molecular weight is 495 g/mol. The molecular weight excluding hydrogens is 460 g/mol. The lowest BCUT2D eigenvalue weighted by molar-refractivity contribution is -0.133. The Morgan fingerprint density at radius 1 is 1.00 bits per heavy atom. The summed E-state index contributed by atoms with van der Waals surface area (Å²) in [5.41, 5.74) is 2.42. The molecule has 9 nitrogen and oxygen atoms in total. The van der Waals surface area contributed by atoms with E-state index in [2.05, 4.69) is 32.8 Å². The van der Waals surface area contributed by atoms with Gasteiger partial charge in [-0.25, -0.2) is 9.97 Å². The van der Waals surface area contributed by atoms with Crippen LogP contribution in [0, 0.1) is 0 Å². The van der Waals surface area contributed by atoms with E-state index in [-0.39, 0.29) is 5.91 Å². The second-order valence-corrected chi connectivity index (χ2v) is 11.1. The van der Waals surface area contributed by atoms with Crippen LogP contribution in [0.5, 0.6) is 0 Å². The third kappa shape index (κ3) is 4.65. The number of thiophene rings is 1. The van der Waals surface area contributed by atoms with Crippen molar-refractivity contribution in [2.75, 3.05) is 50.7 Å². The molecule has 0 spiro atoms. The molecule has 0 saturated carbocycles. The average Bonchev–Trinajstić information content (AvgIpc) is 3.53. The highest BCUT2D eigenvalue weighted by Crippen LogP contribution is 2.31. The Hall–Kier alpha value is -2.59. The minimum atomic E-state index is 0.243. The zero-order valence-corrected chi connectivity index (χ0v) is 21.3. The summed E-state index contributed by atoms with van der Waals surface area (Å²) < 4.78 is 0. The van der Waals surface area contributed by atoms with Gasteiger partial charge in [-0.1, -0.05) is 6.92 Å². The molecule has 3 aromatic heterocycles. The van der Waals surface area contributed by atoms with Crippen LogP contribution in [-0.4, -0.2) is 86.5 Å². The largest absolute Gasteiger partial charge is 0.352 e. The van der Waals surface area contributed by atoms with Gasteiger partial charge >= 0.3 is 0 Å². The highest BCUT2D eigenvalue weighted by Gasteiger charge is 2.28. The first-order valence-electron chi connectivity index (χ1n) is 13.1. The van der Waals surface area contributed by atoms with E-state index >= 15 is 0 Å². The van der Waals surface area contributed by atoms with Crippen molar-refractivity contribution < 1.29 is 4.79 Å². The summed E-state index contributed by atoms with van der Waals surface area (Å²) in [6, 6.07) is 2.59. The maximum absolute atomic E-state index is 13.1. The van der Waals surface area contributed by atoms with Crippen LogP contribution >= 0.6 is 11.3 Å². The van der Waals surface area contributed by atoms with E-state index in [1.807, 2.05) is 9.70 Å².